The van der Waals surface area contributed by atoms with Gasteiger partial charge in [-0.1, -0.05) is 30.3 Å². The highest BCUT2D eigenvalue weighted by atomic mass is 19.1. The summed E-state index contributed by atoms with van der Waals surface area (Å²) in [5.41, 5.74) is 3.74. The summed E-state index contributed by atoms with van der Waals surface area (Å²) in [6, 6.07) is 15.5. The molecule has 3 atom stereocenters. The van der Waals surface area contributed by atoms with E-state index >= 15 is 0 Å². The topological polar surface area (TPSA) is 32.3 Å². The number of nitrogens with one attached hydrogen (secondary N) is 1. The number of amides is 1. The summed E-state index contributed by atoms with van der Waals surface area (Å²) in [7, 11) is 0. The lowest BCUT2D eigenvalue weighted by Gasteiger charge is -2.25. The second kappa shape index (κ2) is 6.51. The Balaban J connectivity index is 1.28. The van der Waals surface area contributed by atoms with Crippen LogP contribution in [0.1, 0.15) is 30.4 Å². The first-order valence-corrected chi connectivity index (χ1v) is 9.01. The highest BCUT2D eigenvalue weighted by molar-refractivity contribution is 5.82. The van der Waals surface area contributed by atoms with Crippen LogP contribution in [0.5, 0.6) is 0 Å². The summed E-state index contributed by atoms with van der Waals surface area (Å²) in [6.07, 6.45) is 1.93. The third-order valence-electron chi connectivity index (χ3n) is 5.43. The molecule has 0 spiro atoms. The number of para-hydroxylation sites is 1. The van der Waals surface area contributed by atoms with Crippen LogP contribution in [-0.4, -0.2) is 25.0 Å². The van der Waals surface area contributed by atoms with E-state index in [0.29, 0.717) is 12.6 Å². The second-order valence-electron chi connectivity index (χ2n) is 7.17. The molecule has 2 aliphatic rings. The highest BCUT2D eigenvalue weighted by Crippen LogP contribution is 2.47. The number of hydrogen-bond acceptors (Lipinski definition) is 2. The van der Waals surface area contributed by atoms with Gasteiger partial charge in [0.1, 0.15) is 5.82 Å². The molecule has 1 aliphatic heterocycles. The first-order valence-electron chi connectivity index (χ1n) is 9.01. The molecule has 1 heterocycles. The molecule has 3 nitrogen and oxygen atoms in total. The van der Waals surface area contributed by atoms with E-state index in [1.54, 1.807) is 12.1 Å². The standard InChI is InChI=1S/C21H23FN2O/c1-14-12-16-4-2-3-5-20(16)24(14)11-10-23-21(25)19-13-18(19)15-6-8-17(22)9-7-15/h2-9,14,18-19H,10-13H2,1H3,(H,23,25)/t14-,18+,19+/m1/s1. The monoisotopic (exact) mass is 338 g/mol. The van der Waals surface area contributed by atoms with Crippen LogP contribution in [-0.2, 0) is 11.2 Å². The number of fused-ring (bicyclic) bond motifs is 1. The van der Waals surface area contributed by atoms with E-state index in [2.05, 4.69) is 41.4 Å². The van der Waals surface area contributed by atoms with Crippen molar-refractivity contribution in [2.24, 2.45) is 5.92 Å². The van der Waals surface area contributed by atoms with Gasteiger partial charge >= 0.3 is 0 Å². The molecule has 0 aromatic heterocycles. The van der Waals surface area contributed by atoms with Gasteiger partial charge in [-0.25, -0.2) is 4.39 Å². The van der Waals surface area contributed by atoms with Crippen molar-refractivity contribution in [3.8, 4) is 0 Å². The van der Waals surface area contributed by atoms with E-state index in [9.17, 15) is 9.18 Å². The Labute approximate surface area is 147 Å². The van der Waals surface area contributed by atoms with Gasteiger partial charge in [0, 0.05) is 30.7 Å². The van der Waals surface area contributed by atoms with E-state index < -0.39 is 0 Å². The maximum atomic E-state index is 13.0. The summed E-state index contributed by atoms with van der Waals surface area (Å²) in [6.45, 7) is 3.72. The van der Waals surface area contributed by atoms with Crippen LogP contribution in [0, 0.1) is 11.7 Å². The molecule has 130 valence electrons. The number of hydrogen-bond donors (Lipinski definition) is 1. The van der Waals surface area contributed by atoms with Gasteiger partial charge in [-0.05, 0) is 55.0 Å². The fourth-order valence-electron chi connectivity index (χ4n) is 3.96. The van der Waals surface area contributed by atoms with Crippen LogP contribution >= 0.6 is 0 Å². The van der Waals surface area contributed by atoms with Gasteiger partial charge in [-0.3, -0.25) is 4.79 Å². The van der Waals surface area contributed by atoms with Crippen LogP contribution < -0.4 is 10.2 Å². The molecule has 1 saturated carbocycles. The predicted molar refractivity (Wildman–Crippen MR) is 97.2 cm³/mol. The molecule has 4 rings (SSSR count). The summed E-state index contributed by atoms with van der Waals surface area (Å²) < 4.78 is 13.0. The third kappa shape index (κ3) is 3.26. The zero-order valence-corrected chi connectivity index (χ0v) is 14.4. The highest BCUT2D eigenvalue weighted by Gasteiger charge is 2.43. The van der Waals surface area contributed by atoms with Crippen molar-refractivity contribution in [1.82, 2.24) is 5.32 Å². The molecule has 4 heteroatoms. The predicted octanol–water partition coefficient (Wildman–Crippen LogP) is 3.50. The van der Waals surface area contributed by atoms with E-state index in [1.165, 1.54) is 23.4 Å². The van der Waals surface area contributed by atoms with Crippen molar-refractivity contribution in [3.63, 3.8) is 0 Å². The van der Waals surface area contributed by atoms with Gasteiger partial charge < -0.3 is 10.2 Å². The molecule has 1 amide bonds. The molecule has 25 heavy (non-hydrogen) atoms. The van der Waals surface area contributed by atoms with E-state index in [4.69, 9.17) is 0 Å². The van der Waals surface area contributed by atoms with Gasteiger partial charge in [0.25, 0.3) is 0 Å². The first-order chi connectivity index (χ1) is 12.1. The molecule has 1 aliphatic carbocycles. The van der Waals surface area contributed by atoms with Gasteiger partial charge in [0.15, 0.2) is 0 Å². The molecule has 2 aromatic rings. The average molecular weight is 338 g/mol. The Morgan fingerprint density at radius 2 is 1.96 bits per heavy atom. The summed E-state index contributed by atoms with van der Waals surface area (Å²) in [5.74, 6) is 0.167. The Hall–Kier alpha value is -2.36. The fraction of sp³-hybridized carbons (Fsp3) is 0.381. The number of rotatable bonds is 5. The molecular weight excluding hydrogens is 315 g/mol. The summed E-state index contributed by atoms with van der Waals surface area (Å²) >= 11 is 0. The van der Waals surface area contributed by atoms with Crippen molar-refractivity contribution in [2.45, 2.75) is 31.7 Å². The number of carbonyl (C=O) groups is 1. The van der Waals surface area contributed by atoms with Crippen LogP contribution in [0.3, 0.4) is 0 Å². The number of nitrogens with zero attached hydrogens (tertiary/aromatic N) is 1. The van der Waals surface area contributed by atoms with E-state index in [-0.39, 0.29) is 23.6 Å². The Bertz CT molecular complexity index is 774. The SMILES string of the molecule is C[C@@H]1Cc2ccccc2N1CCNC(=O)[C@H]1C[C@H]1c1ccc(F)cc1. The summed E-state index contributed by atoms with van der Waals surface area (Å²) in [5, 5.41) is 3.08. The second-order valence-corrected chi connectivity index (χ2v) is 7.17. The molecule has 1 N–H and O–H groups in total. The zero-order valence-electron chi connectivity index (χ0n) is 14.4. The Kier molecular flexibility index (Phi) is 4.20. The van der Waals surface area contributed by atoms with Gasteiger partial charge in [-0.2, -0.15) is 0 Å². The fourth-order valence-corrected chi connectivity index (χ4v) is 3.96. The lowest BCUT2D eigenvalue weighted by molar-refractivity contribution is -0.122. The number of benzene rings is 2. The Morgan fingerprint density at radius 1 is 1.20 bits per heavy atom. The largest absolute Gasteiger partial charge is 0.367 e. The number of anilines is 1. The van der Waals surface area contributed by atoms with Crippen LogP contribution in [0.25, 0.3) is 0 Å². The van der Waals surface area contributed by atoms with Crippen molar-refractivity contribution in [1.29, 1.82) is 0 Å². The van der Waals surface area contributed by atoms with Crippen molar-refractivity contribution < 1.29 is 9.18 Å². The molecule has 2 aromatic carbocycles. The van der Waals surface area contributed by atoms with Gasteiger partial charge in [0.05, 0.1) is 0 Å². The van der Waals surface area contributed by atoms with Crippen LogP contribution in [0.2, 0.25) is 0 Å². The van der Waals surface area contributed by atoms with E-state index in [0.717, 1.165) is 24.9 Å². The smallest absolute Gasteiger partial charge is 0.223 e. The van der Waals surface area contributed by atoms with Crippen LogP contribution in [0.4, 0.5) is 10.1 Å². The lowest BCUT2D eigenvalue weighted by Crippen LogP contribution is -2.38. The normalized spacial score (nSPS) is 24.1. The van der Waals surface area contributed by atoms with E-state index in [1.807, 2.05) is 0 Å². The van der Waals surface area contributed by atoms with Crippen molar-refractivity contribution >= 4 is 11.6 Å². The molecule has 0 saturated heterocycles. The molecule has 0 radical (unpaired) electrons. The third-order valence-corrected chi connectivity index (χ3v) is 5.43. The minimum absolute atomic E-state index is 0.0359. The minimum Gasteiger partial charge on any atom is -0.367 e. The molecule has 0 bridgehead atoms. The first kappa shape index (κ1) is 16.1. The van der Waals surface area contributed by atoms with Gasteiger partial charge in [-0.15, -0.1) is 0 Å². The van der Waals surface area contributed by atoms with Crippen molar-refractivity contribution in [2.75, 3.05) is 18.0 Å². The van der Waals surface area contributed by atoms with Gasteiger partial charge in [0.2, 0.25) is 5.91 Å². The Morgan fingerprint density at radius 3 is 2.76 bits per heavy atom. The number of carbonyl (C=O) groups excluding carboxylic acids is 1. The molecule has 0 unspecified atom stereocenters. The average Bonchev–Trinajstić information content (AvgIpc) is 3.34. The van der Waals surface area contributed by atoms with Crippen molar-refractivity contribution in [3.05, 3.63) is 65.5 Å². The minimum atomic E-state index is -0.231. The maximum absolute atomic E-state index is 13.0. The molecule has 1 fully saturated rings. The lowest BCUT2D eigenvalue weighted by atomic mass is 10.1. The number of halogens is 1. The summed E-state index contributed by atoms with van der Waals surface area (Å²) in [4.78, 5) is 14.7. The quantitative estimate of drug-likeness (QED) is 0.905. The zero-order chi connectivity index (χ0) is 17.4. The maximum Gasteiger partial charge on any atom is 0.223 e. The van der Waals surface area contributed by atoms with Crippen LogP contribution in [0.15, 0.2) is 48.5 Å². The molecular formula is C21H23FN2O.